The highest BCUT2D eigenvalue weighted by atomic mass is 32.2. The third kappa shape index (κ3) is 5.73. The van der Waals surface area contributed by atoms with E-state index >= 15 is 0 Å². The smallest absolute Gasteiger partial charge is 0.471 e. The molecule has 1 N–H and O–H groups in total. The highest BCUT2D eigenvalue weighted by Crippen LogP contribution is 2.41. The molecule has 0 saturated carbocycles. The lowest BCUT2D eigenvalue weighted by molar-refractivity contribution is -0.186. The van der Waals surface area contributed by atoms with Gasteiger partial charge in [-0.15, -0.1) is 0 Å². The summed E-state index contributed by atoms with van der Waals surface area (Å²) in [5, 5.41) is 9.41. The van der Waals surface area contributed by atoms with Gasteiger partial charge < -0.3 is 19.5 Å². The van der Waals surface area contributed by atoms with Gasteiger partial charge in [0.05, 0.1) is 0 Å². The van der Waals surface area contributed by atoms with Crippen molar-refractivity contribution < 1.29 is 32.5 Å². The van der Waals surface area contributed by atoms with E-state index in [-0.39, 0.29) is 32.1 Å². The lowest BCUT2D eigenvalue weighted by Gasteiger charge is -2.25. The summed E-state index contributed by atoms with van der Waals surface area (Å²) < 4.78 is 51.0. The van der Waals surface area contributed by atoms with Crippen molar-refractivity contribution >= 4 is 17.7 Å². The lowest BCUT2D eigenvalue weighted by atomic mass is 10.1. The molecule has 0 fully saturated rings. The van der Waals surface area contributed by atoms with Gasteiger partial charge in [0, 0.05) is 22.9 Å². The Hall–Kier alpha value is -3.33. The second kappa shape index (κ2) is 9.66. The molecule has 3 aromatic rings. The molecule has 9 heteroatoms. The first-order chi connectivity index (χ1) is 15.8. The number of benzene rings is 3. The number of aromatic hydroxyl groups is 1. The molecule has 0 radical (unpaired) electrons. The van der Waals surface area contributed by atoms with Gasteiger partial charge in [0.2, 0.25) is 6.79 Å². The number of nitrogens with zero attached hydrogens (tertiary/aromatic N) is 1. The van der Waals surface area contributed by atoms with Gasteiger partial charge in [-0.2, -0.15) is 13.2 Å². The van der Waals surface area contributed by atoms with Gasteiger partial charge in [-0.25, -0.2) is 0 Å². The van der Waals surface area contributed by atoms with Crippen molar-refractivity contribution in [2.45, 2.75) is 28.9 Å². The van der Waals surface area contributed by atoms with E-state index < -0.39 is 12.1 Å². The zero-order valence-corrected chi connectivity index (χ0v) is 18.2. The minimum absolute atomic E-state index is 0.0281. The second-order valence-corrected chi connectivity index (χ2v) is 8.48. The molecule has 1 heterocycles. The summed E-state index contributed by atoms with van der Waals surface area (Å²) in [7, 11) is 0. The van der Waals surface area contributed by atoms with Crippen LogP contribution in [0.1, 0.15) is 11.1 Å². The summed E-state index contributed by atoms with van der Waals surface area (Å²) in [5.41, 5.74) is 1.23. The quantitative estimate of drug-likeness (QED) is 0.496. The van der Waals surface area contributed by atoms with Crippen LogP contribution in [0.3, 0.4) is 0 Å². The first kappa shape index (κ1) is 22.8. The number of phenolic OH excluding ortho intramolecular Hbond substituents is 1. The molecule has 4 rings (SSSR count). The van der Waals surface area contributed by atoms with Crippen LogP contribution in [0, 0.1) is 0 Å². The molecule has 1 aliphatic rings. The first-order valence-electron chi connectivity index (χ1n) is 10.1. The predicted octanol–water partition coefficient (Wildman–Crippen LogP) is 5.41. The van der Waals surface area contributed by atoms with E-state index in [0.29, 0.717) is 27.5 Å². The summed E-state index contributed by atoms with van der Waals surface area (Å²) in [6, 6.07) is 18.9. The van der Waals surface area contributed by atoms with Crippen molar-refractivity contribution in [1.29, 1.82) is 0 Å². The van der Waals surface area contributed by atoms with E-state index in [1.807, 2.05) is 30.3 Å². The Labute approximate surface area is 192 Å². The first-order valence-corrected chi connectivity index (χ1v) is 10.9. The van der Waals surface area contributed by atoms with Crippen molar-refractivity contribution in [3.05, 3.63) is 77.9 Å². The number of hydrogen-bond acceptors (Lipinski definition) is 5. The van der Waals surface area contributed by atoms with E-state index in [2.05, 4.69) is 0 Å². The third-order valence-electron chi connectivity index (χ3n) is 5.02. The second-order valence-electron chi connectivity index (χ2n) is 7.37. The van der Waals surface area contributed by atoms with Gasteiger partial charge in [-0.3, -0.25) is 4.79 Å². The van der Waals surface area contributed by atoms with Crippen molar-refractivity contribution in [2.24, 2.45) is 0 Å². The maximum atomic E-state index is 13.4. The Morgan fingerprint density at radius 2 is 1.67 bits per heavy atom. The van der Waals surface area contributed by atoms with E-state index in [4.69, 9.17) is 9.47 Å². The fourth-order valence-corrected chi connectivity index (χ4v) is 4.33. The average molecular weight is 475 g/mol. The summed E-state index contributed by atoms with van der Waals surface area (Å²) >= 11 is 1.37. The number of rotatable bonds is 7. The highest BCUT2D eigenvalue weighted by molar-refractivity contribution is 7.99. The molecule has 0 saturated heterocycles. The summed E-state index contributed by atoms with van der Waals surface area (Å²) in [5.74, 6) is -0.908. The summed E-state index contributed by atoms with van der Waals surface area (Å²) in [6.45, 7) is -0.366. The molecule has 0 atom stereocenters. The van der Waals surface area contributed by atoms with Crippen LogP contribution in [0.4, 0.5) is 13.2 Å². The number of fused-ring (bicyclic) bond motifs is 1. The Morgan fingerprint density at radius 1 is 1.00 bits per heavy atom. The lowest BCUT2D eigenvalue weighted by Crippen LogP contribution is -2.41. The fourth-order valence-electron chi connectivity index (χ4n) is 3.36. The van der Waals surface area contributed by atoms with Gasteiger partial charge in [0.15, 0.2) is 11.5 Å². The van der Waals surface area contributed by atoms with Crippen LogP contribution in [0.15, 0.2) is 76.5 Å². The molecule has 0 unspecified atom stereocenters. The van der Waals surface area contributed by atoms with Gasteiger partial charge in [0.1, 0.15) is 5.75 Å². The molecule has 0 aromatic heterocycles. The van der Waals surface area contributed by atoms with Crippen LogP contribution in [-0.2, 0) is 17.8 Å². The van der Waals surface area contributed by atoms with Crippen LogP contribution in [0.5, 0.6) is 17.2 Å². The molecule has 172 valence electrons. The minimum atomic E-state index is -5.00. The zero-order valence-electron chi connectivity index (χ0n) is 17.3. The van der Waals surface area contributed by atoms with Crippen LogP contribution in [0.2, 0.25) is 0 Å². The fraction of sp³-hybridized carbons (Fsp3) is 0.208. The predicted molar refractivity (Wildman–Crippen MR) is 116 cm³/mol. The van der Waals surface area contributed by atoms with E-state index in [9.17, 15) is 23.1 Å². The van der Waals surface area contributed by atoms with E-state index in [0.717, 1.165) is 9.80 Å². The van der Waals surface area contributed by atoms with Crippen LogP contribution in [-0.4, -0.2) is 35.4 Å². The Balaban J connectivity index is 1.62. The SMILES string of the molecule is O=C(N(CCc1ccc(O)cc1)Cc1cc2c(cc1Sc1ccccc1)OCO2)C(F)(F)F. The minimum Gasteiger partial charge on any atom is -0.508 e. The van der Waals surface area contributed by atoms with E-state index in [1.54, 1.807) is 24.3 Å². The summed E-state index contributed by atoms with van der Waals surface area (Å²) in [6.07, 6.45) is -4.80. The Bertz CT molecular complexity index is 1120. The van der Waals surface area contributed by atoms with Gasteiger partial charge in [-0.1, -0.05) is 42.1 Å². The normalized spacial score (nSPS) is 12.6. The van der Waals surface area contributed by atoms with Crippen molar-refractivity contribution in [1.82, 2.24) is 4.90 Å². The Morgan fingerprint density at radius 3 is 2.33 bits per heavy atom. The number of hydrogen-bond donors (Lipinski definition) is 1. The van der Waals surface area contributed by atoms with E-state index in [1.165, 1.54) is 23.9 Å². The third-order valence-corrected chi connectivity index (χ3v) is 6.13. The Kier molecular flexibility index (Phi) is 6.69. The molecule has 33 heavy (non-hydrogen) atoms. The molecular formula is C24H20F3NO4S. The van der Waals surface area contributed by atoms with Gasteiger partial charge >= 0.3 is 12.1 Å². The van der Waals surface area contributed by atoms with Crippen LogP contribution in [0.25, 0.3) is 0 Å². The van der Waals surface area contributed by atoms with Gasteiger partial charge in [-0.05, 0) is 53.9 Å². The molecule has 0 aliphatic carbocycles. The standard InChI is InChI=1S/C24H20F3NO4S/c25-24(26,27)23(30)28(11-10-16-6-8-18(29)9-7-16)14-17-12-20-21(32-15-31-20)13-22(17)33-19-4-2-1-3-5-19/h1-9,12-13,29H,10-11,14-15H2. The molecule has 0 bridgehead atoms. The molecule has 3 aromatic carbocycles. The number of carbonyl (C=O) groups excluding carboxylic acids is 1. The molecule has 1 aliphatic heterocycles. The van der Waals surface area contributed by atoms with Gasteiger partial charge in [0.25, 0.3) is 0 Å². The zero-order chi connectivity index (χ0) is 23.4. The molecule has 5 nitrogen and oxygen atoms in total. The molecule has 1 amide bonds. The number of phenols is 1. The largest absolute Gasteiger partial charge is 0.508 e. The molecule has 0 spiro atoms. The highest BCUT2D eigenvalue weighted by Gasteiger charge is 2.42. The van der Waals surface area contributed by atoms with Crippen molar-refractivity contribution in [3.8, 4) is 17.2 Å². The average Bonchev–Trinajstić information content (AvgIpc) is 3.24. The maximum Gasteiger partial charge on any atom is 0.471 e. The van der Waals surface area contributed by atoms with Crippen molar-refractivity contribution in [2.75, 3.05) is 13.3 Å². The maximum absolute atomic E-state index is 13.4. The monoisotopic (exact) mass is 475 g/mol. The number of amides is 1. The van der Waals surface area contributed by atoms with Crippen molar-refractivity contribution in [3.63, 3.8) is 0 Å². The number of ether oxygens (including phenoxy) is 2. The topological polar surface area (TPSA) is 59.0 Å². The van der Waals surface area contributed by atoms with Crippen LogP contribution >= 0.6 is 11.8 Å². The number of halogens is 3. The summed E-state index contributed by atoms with van der Waals surface area (Å²) in [4.78, 5) is 14.6. The number of carbonyl (C=O) groups is 1. The van der Waals surface area contributed by atoms with Crippen LogP contribution < -0.4 is 9.47 Å². The molecular weight excluding hydrogens is 455 g/mol. The number of alkyl halides is 3.